The third-order valence-electron chi connectivity index (χ3n) is 2.92. The van der Waals surface area contributed by atoms with Gasteiger partial charge in [-0.05, 0) is 31.0 Å². The molecule has 0 aliphatic rings. The van der Waals surface area contributed by atoms with Crippen LogP contribution in [-0.2, 0) is 9.53 Å². The minimum absolute atomic E-state index is 0.300. The molecule has 2 N–H and O–H groups in total. The summed E-state index contributed by atoms with van der Waals surface area (Å²) in [5.41, 5.74) is 0.347. The zero-order valence-electron chi connectivity index (χ0n) is 12.6. The van der Waals surface area contributed by atoms with Gasteiger partial charge < -0.3 is 19.9 Å². The van der Waals surface area contributed by atoms with Gasteiger partial charge in [-0.25, -0.2) is 4.79 Å². The maximum Gasteiger partial charge on any atom is 0.326 e. The molecule has 0 fully saturated rings. The Balaban J connectivity index is 2.68. The largest absolute Gasteiger partial charge is 0.491 e. The van der Waals surface area contributed by atoms with Crippen LogP contribution in [0.15, 0.2) is 36.9 Å². The summed E-state index contributed by atoms with van der Waals surface area (Å²) < 4.78 is 10.3. The molecule has 0 saturated heterocycles. The number of hydrogen-bond acceptors (Lipinski definition) is 4. The first-order valence-electron chi connectivity index (χ1n) is 6.95. The lowest BCUT2D eigenvalue weighted by Gasteiger charge is -2.14. The van der Waals surface area contributed by atoms with Crippen molar-refractivity contribution in [2.75, 3.05) is 20.3 Å². The fourth-order valence-electron chi connectivity index (χ4n) is 1.75. The third-order valence-corrected chi connectivity index (χ3v) is 2.92. The summed E-state index contributed by atoms with van der Waals surface area (Å²) in [5, 5.41) is 11.6. The van der Waals surface area contributed by atoms with Gasteiger partial charge in [0.05, 0.1) is 6.61 Å². The van der Waals surface area contributed by atoms with Crippen molar-refractivity contribution < 1.29 is 24.2 Å². The van der Waals surface area contributed by atoms with Gasteiger partial charge in [0.1, 0.15) is 18.4 Å². The molecule has 1 aromatic carbocycles. The number of carboxylic acid groups (broad SMARTS) is 1. The van der Waals surface area contributed by atoms with Crippen LogP contribution in [0.1, 0.15) is 23.2 Å². The number of nitrogens with one attached hydrogen (secondary N) is 1. The first kappa shape index (κ1) is 17.7. The van der Waals surface area contributed by atoms with Crippen LogP contribution < -0.4 is 10.1 Å². The SMILES string of the molecule is C=CCCC(NC(=O)c1cccc(OCCOC)c1)C(=O)O. The maximum atomic E-state index is 12.1. The smallest absolute Gasteiger partial charge is 0.326 e. The molecule has 0 aromatic heterocycles. The standard InChI is InChI=1S/C16H21NO5/c1-3-4-8-14(16(19)20)17-15(18)12-6-5-7-13(11-12)22-10-9-21-2/h3,5-7,11,14H,1,4,8-10H2,2H3,(H,17,18)(H,19,20). The number of carbonyl (C=O) groups is 2. The summed E-state index contributed by atoms with van der Waals surface area (Å²) in [5.74, 6) is -0.987. The fourth-order valence-corrected chi connectivity index (χ4v) is 1.75. The lowest BCUT2D eigenvalue weighted by atomic mass is 10.1. The van der Waals surface area contributed by atoms with Gasteiger partial charge in [0.15, 0.2) is 0 Å². The quantitative estimate of drug-likeness (QED) is 0.509. The van der Waals surface area contributed by atoms with Gasteiger partial charge in [-0.1, -0.05) is 12.1 Å². The Hall–Kier alpha value is -2.34. The van der Waals surface area contributed by atoms with Gasteiger partial charge in [0, 0.05) is 12.7 Å². The molecule has 0 aliphatic carbocycles. The first-order valence-corrected chi connectivity index (χ1v) is 6.95. The lowest BCUT2D eigenvalue weighted by molar-refractivity contribution is -0.139. The highest BCUT2D eigenvalue weighted by Gasteiger charge is 2.19. The lowest BCUT2D eigenvalue weighted by Crippen LogP contribution is -2.40. The van der Waals surface area contributed by atoms with E-state index in [4.69, 9.17) is 14.6 Å². The molecule has 0 saturated carbocycles. The minimum Gasteiger partial charge on any atom is -0.491 e. The molecular weight excluding hydrogens is 286 g/mol. The number of carbonyl (C=O) groups excluding carboxylic acids is 1. The molecule has 1 atom stereocenters. The number of methoxy groups -OCH3 is 1. The Morgan fingerprint density at radius 3 is 2.82 bits per heavy atom. The van der Waals surface area contributed by atoms with Crippen molar-refractivity contribution >= 4 is 11.9 Å². The number of ether oxygens (including phenoxy) is 2. The van der Waals surface area contributed by atoms with E-state index in [9.17, 15) is 9.59 Å². The van der Waals surface area contributed by atoms with Crippen LogP contribution in [-0.4, -0.2) is 43.3 Å². The number of carboxylic acids is 1. The Kier molecular flexibility index (Phi) is 7.70. The molecular formula is C16H21NO5. The van der Waals surface area contributed by atoms with E-state index in [1.54, 1.807) is 37.5 Å². The van der Waals surface area contributed by atoms with E-state index in [1.807, 2.05) is 0 Å². The summed E-state index contributed by atoms with van der Waals surface area (Å²) in [6.07, 6.45) is 2.43. The Morgan fingerprint density at radius 2 is 2.18 bits per heavy atom. The number of rotatable bonds is 10. The van der Waals surface area contributed by atoms with E-state index in [0.29, 0.717) is 37.4 Å². The van der Waals surface area contributed by atoms with Crippen molar-refractivity contribution in [2.24, 2.45) is 0 Å². The van der Waals surface area contributed by atoms with E-state index in [-0.39, 0.29) is 0 Å². The zero-order valence-corrected chi connectivity index (χ0v) is 12.6. The van der Waals surface area contributed by atoms with Crippen LogP contribution in [0.2, 0.25) is 0 Å². The molecule has 0 spiro atoms. The van der Waals surface area contributed by atoms with E-state index < -0.39 is 17.9 Å². The van der Waals surface area contributed by atoms with Crippen LogP contribution in [0.25, 0.3) is 0 Å². The predicted molar refractivity (Wildman–Crippen MR) is 82.1 cm³/mol. The average molecular weight is 307 g/mol. The van der Waals surface area contributed by atoms with Crippen molar-refractivity contribution in [2.45, 2.75) is 18.9 Å². The van der Waals surface area contributed by atoms with E-state index in [1.165, 1.54) is 0 Å². The van der Waals surface area contributed by atoms with Gasteiger partial charge in [0.25, 0.3) is 5.91 Å². The van der Waals surface area contributed by atoms with Crippen molar-refractivity contribution in [1.29, 1.82) is 0 Å². The molecule has 120 valence electrons. The fraction of sp³-hybridized carbons (Fsp3) is 0.375. The second-order valence-corrected chi connectivity index (χ2v) is 4.60. The van der Waals surface area contributed by atoms with Crippen LogP contribution in [0.3, 0.4) is 0 Å². The van der Waals surface area contributed by atoms with Crippen molar-refractivity contribution in [3.63, 3.8) is 0 Å². The predicted octanol–water partition coefficient (Wildman–Crippen LogP) is 1.86. The molecule has 0 aliphatic heterocycles. The topological polar surface area (TPSA) is 84.9 Å². The highest BCUT2D eigenvalue weighted by molar-refractivity contribution is 5.96. The Bertz CT molecular complexity index is 515. The summed E-state index contributed by atoms with van der Waals surface area (Å²) in [7, 11) is 1.57. The van der Waals surface area contributed by atoms with Crippen LogP contribution >= 0.6 is 0 Å². The van der Waals surface area contributed by atoms with Crippen molar-refractivity contribution in [1.82, 2.24) is 5.32 Å². The monoisotopic (exact) mass is 307 g/mol. The normalized spacial score (nSPS) is 11.5. The van der Waals surface area contributed by atoms with E-state index in [0.717, 1.165) is 0 Å². The maximum absolute atomic E-state index is 12.1. The van der Waals surface area contributed by atoms with Crippen LogP contribution in [0.5, 0.6) is 5.75 Å². The van der Waals surface area contributed by atoms with Gasteiger partial charge in [-0.2, -0.15) is 0 Å². The summed E-state index contributed by atoms with van der Waals surface area (Å²) in [6, 6.07) is 5.63. The minimum atomic E-state index is -1.07. The summed E-state index contributed by atoms with van der Waals surface area (Å²) >= 11 is 0. The van der Waals surface area contributed by atoms with E-state index >= 15 is 0 Å². The highest BCUT2D eigenvalue weighted by Crippen LogP contribution is 2.13. The molecule has 0 heterocycles. The molecule has 1 amide bonds. The highest BCUT2D eigenvalue weighted by atomic mass is 16.5. The molecule has 0 radical (unpaired) electrons. The Labute approximate surface area is 129 Å². The molecule has 0 bridgehead atoms. The number of allylic oxidation sites excluding steroid dienone is 1. The third kappa shape index (κ3) is 5.97. The number of hydrogen-bond donors (Lipinski definition) is 2. The average Bonchev–Trinajstić information content (AvgIpc) is 2.51. The molecule has 6 nitrogen and oxygen atoms in total. The number of benzene rings is 1. The zero-order chi connectivity index (χ0) is 16.4. The number of amides is 1. The Morgan fingerprint density at radius 1 is 1.41 bits per heavy atom. The molecule has 1 unspecified atom stereocenters. The van der Waals surface area contributed by atoms with E-state index in [2.05, 4.69) is 11.9 Å². The molecule has 1 rings (SSSR count). The van der Waals surface area contributed by atoms with Gasteiger partial charge in [0.2, 0.25) is 0 Å². The summed E-state index contributed by atoms with van der Waals surface area (Å²) in [4.78, 5) is 23.3. The van der Waals surface area contributed by atoms with Crippen LogP contribution in [0.4, 0.5) is 0 Å². The second-order valence-electron chi connectivity index (χ2n) is 4.60. The van der Waals surface area contributed by atoms with Crippen LogP contribution in [0, 0.1) is 0 Å². The first-order chi connectivity index (χ1) is 10.6. The van der Waals surface area contributed by atoms with Gasteiger partial charge in [-0.3, -0.25) is 4.79 Å². The molecule has 22 heavy (non-hydrogen) atoms. The molecule has 1 aromatic rings. The second kappa shape index (κ2) is 9.57. The van der Waals surface area contributed by atoms with Crippen molar-refractivity contribution in [3.05, 3.63) is 42.5 Å². The van der Waals surface area contributed by atoms with Gasteiger partial charge >= 0.3 is 5.97 Å². The number of aliphatic carboxylic acids is 1. The molecule has 6 heteroatoms. The summed E-state index contributed by atoms with van der Waals surface area (Å²) in [6.45, 7) is 4.36. The van der Waals surface area contributed by atoms with Crippen molar-refractivity contribution in [3.8, 4) is 5.75 Å². The van der Waals surface area contributed by atoms with Gasteiger partial charge in [-0.15, -0.1) is 6.58 Å².